The van der Waals surface area contributed by atoms with Gasteiger partial charge in [-0.25, -0.2) is 15.0 Å². The van der Waals surface area contributed by atoms with Gasteiger partial charge in [-0.3, -0.25) is 9.13 Å². The zero-order valence-electron chi connectivity index (χ0n) is 42.7. The number of methoxy groups -OCH3 is 1. The van der Waals surface area contributed by atoms with Crippen molar-refractivity contribution in [2.24, 2.45) is 0 Å². The first-order chi connectivity index (χ1) is 34.8. The number of ether oxygens (including phenoxy) is 1. The Morgan fingerprint density at radius 3 is 1.38 bits per heavy atom. The topological polar surface area (TPSA) is 93.8 Å². The average molecular weight is 1010 g/mol. The number of halogens is 1. The highest BCUT2D eigenvalue weighted by Crippen LogP contribution is 2.35. The molecule has 0 saturated carbocycles. The molecule has 0 saturated heterocycles. The molecule has 2 N–H and O–H groups in total. The number of rotatable bonds is 3. The summed E-state index contributed by atoms with van der Waals surface area (Å²) in [5, 5.41) is 17.3. The van der Waals surface area contributed by atoms with E-state index >= 15 is 0 Å². The van der Waals surface area contributed by atoms with Gasteiger partial charge < -0.3 is 14.8 Å². The highest BCUT2D eigenvalue weighted by molar-refractivity contribution is 9.10. The molecule has 0 amide bonds. The zero-order valence-corrected chi connectivity index (χ0v) is 44.3. The Balaban J connectivity index is 0.000000144. The lowest BCUT2D eigenvalue weighted by molar-refractivity contribution is 0.415. The van der Waals surface area contributed by atoms with Crippen molar-refractivity contribution in [3.63, 3.8) is 0 Å². The molecule has 6 aromatic heterocycles. The zero-order chi connectivity index (χ0) is 51.6. The number of aromatic hydroxyl groups is 1. The van der Waals surface area contributed by atoms with Crippen molar-refractivity contribution >= 4 is 97.0 Å². The Kier molecular flexibility index (Phi) is 17.1. The van der Waals surface area contributed by atoms with Gasteiger partial charge in [-0.05, 0) is 190 Å². The maximum absolute atomic E-state index is 9.90. The minimum atomic E-state index is 0.265. The van der Waals surface area contributed by atoms with E-state index < -0.39 is 0 Å². The molecule has 0 unspecified atom stereocenters. The van der Waals surface area contributed by atoms with Gasteiger partial charge in [-0.2, -0.15) is 0 Å². The molecule has 6 heterocycles. The highest BCUT2D eigenvalue weighted by Gasteiger charge is 2.15. The largest absolute Gasteiger partial charge is 0.508 e. The van der Waals surface area contributed by atoms with Gasteiger partial charge in [0.2, 0.25) is 0 Å². The molecule has 0 atom stereocenters. The molecule has 11 heteroatoms. The maximum Gasteiger partial charge on any atom is 0.137 e. The van der Waals surface area contributed by atoms with Crippen molar-refractivity contribution < 1.29 is 9.84 Å². The number of nitrogens with zero attached hydrogens (tertiary/aromatic N) is 5. The molecule has 0 aliphatic carbocycles. The summed E-state index contributed by atoms with van der Waals surface area (Å²) in [7, 11) is 10.7. The number of nitrogens with one attached hydrogen (secondary N) is 1. The predicted molar refractivity (Wildman–Crippen MR) is 310 cm³/mol. The van der Waals surface area contributed by atoms with E-state index in [2.05, 4.69) is 193 Å². The predicted octanol–water partition coefficient (Wildman–Crippen LogP) is 15.8. The lowest BCUT2D eigenvalue weighted by Gasteiger charge is -2.07. The van der Waals surface area contributed by atoms with Gasteiger partial charge in [0.15, 0.2) is 0 Å². The molecular formula is C61H59B2BrN6O2. The number of hydrogen-bond donors (Lipinski definition) is 2. The van der Waals surface area contributed by atoms with Crippen LogP contribution >= 0.6 is 15.9 Å². The number of phenolic OH excluding ortho intramolecular Hbond substituents is 1. The quantitative estimate of drug-likeness (QED) is 0.136. The standard InChI is InChI=1S/C20H18N2.C19H16N2O.C14H13NO.C6H6BrN.2CH3B/c1-13-5-7-18-17(10-13)16-6-4-14(2)11-19(16)22(18)20-12-15(3)8-9-21-20;1-12-3-6-17-16(9-12)15-5-4-14(22)11-18(15)21(17)19-10-13(2)7-8-20-19;1-9-3-6-13-12(7-9)11-5-4-10(16-2)8-14(11)15-13;1-5-2-3-8-6(7)4-5;2*1-2/h4-12H,1-3H3;3-11,22H,1-2H3;3-8,15H,1-2H3;2-4H,1H3;2*1H3. The Morgan fingerprint density at radius 1 is 0.417 bits per heavy atom. The van der Waals surface area contributed by atoms with Gasteiger partial charge in [-0.15, -0.1) is 0 Å². The number of fused-ring (bicyclic) bond motifs is 9. The highest BCUT2D eigenvalue weighted by atomic mass is 79.9. The fraction of sp³-hybridized carbons (Fsp3) is 0.164. The molecule has 12 rings (SSSR count). The van der Waals surface area contributed by atoms with Gasteiger partial charge in [-0.1, -0.05) is 60.7 Å². The number of hydrogen-bond acceptors (Lipinski definition) is 5. The van der Waals surface area contributed by atoms with Gasteiger partial charge in [0.1, 0.15) is 27.7 Å². The minimum Gasteiger partial charge on any atom is -0.508 e. The van der Waals surface area contributed by atoms with Crippen LogP contribution in [0, 0.1) is 48.5 Å². The third-order valence-corrected chi connectivity index (χ3v) is 12.5. The monoisotopic (exact) mass is 1010 g/mol. The number of aromatic amines is 1. The second kappa shape index (κ2) is 23.5. The molecule has 12 aromatic rings. The molecule has 8 nitrogen and oxygen atoms in total. The molecule has 4 radical (unpaired) electrons. The SMILES string of the molecule is COc1ccc2c(c1)[nH]c1ccc(C)cc12.Cc1ccnc(-n2c3ccc(C)cc3c3ccc(C)cc32)c1.Cc1ccnc(-n2c3ccc(C)cc3c3ccc(O)cc32)c1.Cc1ccnc(Br)c1.[B]C.[B]C. The summed E-state index contributed by atoms with van der Waals surface area (Å²) in [6, 6.07) is 49.9. The number of aromatic nitrogens is 6. The van der Waals surface area contributed by atoms with Gasteiger partial charge in [0, 0.05) is 68.6 Å². The Hall–Kier alpha value is -7.62. The first-order valence-electron chi connectivity index (χ1n) is 23.7. The summed E-state index contributed by atoms with van der Waals surface area (Å²) >= 11 is 3.25. The normalized spacial score (nSPS) is 10.6. The van der Waals surface area contributed by atoms with Crippen molar-refractivity contribution in [1.29, 1.82) is 0 Å². The molecule has 6 aromatic carbocycles. The van der Waals surface area contributed by atoms with Crippen LogP contribution in [0.5, 0.6) is 11.5 Å². The fourth-order valence-electron chi connectivity index (χ4n) is 8.77. The van der Waals surface area contributed by atoms with Crippen LogP contribution in [0.15, 0.2) is 169 Å². The van der Waals surface area contributed by atoms with Crippen molar-refractivity contribution in [3.05, 3.63) is 208 Å². The fourth-order valence-corrected chi connectivity index (χ4v) is 9.25. The smallest absolute Gasteiger partial charge is 0.137 e. The third-order valence-electron chi connectivity index (χ3n) is 12.1. The van der Waals surface area contributed by atoms with Crippen molar-refractivity contribution in [2.75, 3.05) is 7.11 Å². The van der Waals surface area contributed by atoms with Crippen LogP contribution in [-0.2, 0) is 0 Å². The van der Waals surface area contributed by atoms with E-state index in [0.717, 1.165) is 49.5 Å². The molecule has 0 spiro atoms. The lowest BCUT2D eigenvalue weighted by Crippen LogP contribution is -1.97. The average Bonchev–Trinajstić information content (AvgIpc) is 4.01. The number of H-pyrrole nitrogens is 1. The summed E-state index contributed by atoms with van der Waals surface area (Å²) < 4.78 is 10.5. The van der Waals surface area contributed by atoms with Crippen LogP contribution in [0.3, 0.4) is 0 Å². The summed E-state index contributed by atoms with van der Waals surface area (Å²) in [6.07, 6.45) is 5.48. The van der Waals surface area contributed by atoms with Gasteiger partial charge in [0.25, 0.3) is 0 Å². The molecule has 0 fully saturated rings. The molecule has 0 bridgehead atoms. The van der Waals surface area contributed by atoms with E-state index in [1.165, 1.54) is 90.5 Å². The van der Waals surface area contributed by atoms with Crippen LogP contribution in [0.2, 0.25) is 13.6 Å². The van der Waals surface area contributed by atoms with Gasteiger partial charge >= 0.3 is 0 Å². The van der Waals surface area contributed by atoms with Crippen LogP contribution in [0.25, 0.3) is 77.1 Å². The molecule has 72 heavy (non-hydrogen) atoms. The van der Waals surface area contributed by atoms with E-state index in [4.69, 9.17) is 4.74 Å². The number of phenols is 1. The minimum absolute atomic E-state index is 0.265. The van der Waals surface area contributed by atoms with E-state index in [9.17, 15) is 5.11 Å². The third kappa shape index (κ3) is 11.6. The number of benzene rings is 6. The van der Waals surface area contributed by atoms with E-state index in [1.54, 1.807) is 25.4 Å². The van der Waals surface area contributed by atoms with Crippen LogP contribution in [-0.4, -0.2) is 57.0 Å². The van der Waals surface area contributed by atoms with E-state index in [0.29, 0.717) is 0 Å². The van der Waals surface area contributed by atoms with Crippen molar-refractivity contribution in [1.82, 2.24) is 29.1 Å². The first-order valence-corrected chi connectivity index (χ1v) is 24.5. The lowest BCUT2D eigenvalue weighted by atomic mass is 10.1. The molecule has 0 aliphatic rings. The number of aryl methyl sites for hydroxylation is 7. The summed E-state index contributed by atoms with van der Waals surface area (Å²) in [5.74, 6) is 3.00. The summed E-state index contributed by atoms with van der Waals surface area (Å²) in [5.41, 5.74) is 15.5. The summed E-state index contributed by atoms with van der Waals surface area (Å²) in [4.78, 5) is 16.5. The van der Waals surface area contributed by atoms with Crippen molar-refractivity contribution in [2.45, 2.75) is 62.1 Å². The van der Waals surface area contributed by atoms with E-state index in [1.807, 2.05) is 61.8 Å². The molecule has 0 aliphatic heterocycles. The van der Waals surface area contributed by atoms with Crippen molar-refractivity contribution in [3.8, 4) is 23.1 Å². The second-order valence-corrected chi connectivity index (χ2v) is 18.4. The van der Waals surface area contributed by atoms with Crippen LogP contribution in [0.4, 0.5) is 0 Å². The van der Waals surface area contributed by atoms with E-state index in [-0.39, 0.29) is 5.75 Å². The molecule has 358 valence electrons. The number of pyridine rings is 3. The Morgan fingerprint density at radius 2 is 0.861 bits per heavy atom. The Bertz CT molecular complexity index is 3640. The van der Waals surface area contributed by atoms with Crippen LogP contribution < -0.4 is 4.74 Å². The first kappa shape index (κ1) is 52.2. The summed E-state index contributed by atoms with van der Waals surface area (Å²) in [6.45, 7) is 17.7. The maximum atomic E-state index is 9.90. The molecular weight excluding hydrogens is 950 g/mol. The van der Waals surface area contributed by atoms with Crippen LogP contribution in [0.1, 0.15) is 38.9 Å². The Labute approximate surface area is 433 Å². The van der Waals surface area contributed by atoms with Gasteiger partial charge in [0.05, 0.1) is 50.4 Å². The second-order valence-electron chi connectivity index (χ2n) is 17.6.